The second kappa shape index (κ2) is 10.4. The molecule has 0 bridgehead atoms. The van der Waals surface area contributed by atoms with Crippen molar-refractivity contribution in [2.45, 2.75) is 26.3 Å². The molecule has 4 rings (SSSR count). The molecule has 2 aliphatic heterocycles. The maximum atomic E-state index is 13.0. The molecular formula is C25H29N5O4. The van der Waals surface area contributed by atoms with Crippen LogP contribution in [0.2, 0.25) is 0 Å². The minimum Gasteiger partial charge on any atom is -0.494 e. The summed E-state index contributed by atoms with van der Waals surface area (Å²) in [5.74, 6) is 1.01. The largest absolute Gasteiger partial charge is 0.494 e. The number of aliphatic imine (C=N–C) groups is 1. The van der Waals surface area contributed by atoms with Gasteiger partial charge < -0.3 is 19.4 Å². The predicted octanol–water partition coefficient (Wildman–Crippen LogP) is 2.29. The Labute approximate surface area is 199 Å². The van der Waals surface area contributed by atoms with Crippen LogP contribution in [0.5, 0.6) is 5.75 Å². The van der Waals surface area contributed by atoms with E-state index in [0.29, 0.717) is 50.1 Å². The highest BCUT2D eigenvalue weighted by Gasteiger charge is 2.29. The number of carbonyl (C=O) groups excluding carboxylic acids is 3. The summed E-state index contributed by atoms with van der Waals surface area (Å²) in [6.07, 6.45) is 0.780. The van der Waals surface area contributed by atoms with Gasteiger partial charge in [-0.3, -0.25) is 19.7 Å². The molecule has 2 aliphatic rings. The van der Waals surface area contributed by atoms with Crippen LogP contribution in [-0.4, -0.2) is 66.8 Å². The molecule has 1 N–H and O–H groups in total. The first kappa shape index (κ1) is 23.3. The molecule has 9 nitrogen and oxygen atoms in total. The zero-order chi connectivity index (χ0) is 24.1. The second-order valence-corrected chi connectivity index (χ2v) is 8.31. The van der Waals surface area contributed by atoms with Gasteiger partial charge in [0.15, 0.2) is 0 Å². The Bertz CT molecular complexity index is 1100. The number of nitrogens with zero attached hydrogens (tertiary/aromatic N) is 4. The average molecular weight is 464 g/mol. The first-order valence-corrected chi connectivity index (χ1v) is 11.4. The summed E-state index contributed by atoms with van der Waals surface area (Å²) in [6, 6.07) is 14.9. The zero-order valence-electron chi connectivity index (χ0n) is 19.5. The van der Waals surface area contributed by atoms with Gasteiger partial charge >= 0.3 is 0 Å². The second-order valence-electron chi connectivity index (χ2n) is 8.31. The molecule has 0 saturated carbocycles. The van der Waals surface area contributed by atoms with Crippen molar-refractivity contribution in [3.63, 3.8) is 0 Å². The van der Waals surface area contributed by atoms with E-state index in [9.17, 15) is 14.4 Å². The number of hydrogen-bond acceptors (Lipinski definition) is 6. The summed E-state index contributed by atoms with van der Waals surface area (Å²) in [7, 11) is 1.73. The Morgan fingerprint density at radius 2 is 1.91 bits per heavy atom. The van der Waals surface area contributed by atoms with Crippen LogP contribution in [0.4, 0.5) is 11.4 Å². The van der Waals surface area contributed by atoms with Crippen LogP contribution in [0.3, 0.4) is 0 Å². The van der Waals surface area contributed by atoms with Gasteiger partial charge in [0.1, 0.15) is 18.8 Å². The van der Waals surface area contributed by atoms with Crippen molar-refractivity contribution in [2.75, 3.05) is 38.2 Å². The molecule has 2 heterocycles. The summed E-state index contributed by atoms with van der Waals surface area (Å²) in [6.45, 7) is 3.76. The minimum absolute atomic E-state index is 0.00916. The van der Waals surface area contributed by atoms with E-state index in [1.165, 1.54) is 4.90 Å². The Hall–Kier alpha value is -3.88. The molecule has 0 unspecified atom stereocenters. The standard InChI is InChI=1S/C25H29N5O4/c1-3-28(2)24(33)17-30(19-8-5-4-6-9-19)23(32)10-7-13-34-20-11-12-21-18(14-20)15-29-16-22(31)27-25(29)26-21/h4-6,8-9,11-12,14H,3,7,10,13,15-17H2,1-2H3,(H,26,27,31). The van der Waals surface area contributed by atoms with Gasteiger partial charge in [-0.2, -0.15) is 0 Å². The van der Waals surface area contributed by atoms with Crippen LogP contribution in [0.15, 0.2) is 53.5 Å². The molecule has 1 fully saturated rings. The fraction of sp³-hybridized carbons (Fsp3) is 0.360. The number of fused-ring (bicyclic) bond motifs is 2. The van der Waals surface area contributed by atoms with Crippen LogP contribution in [0.25, 0.3) is 0 Å². The number of likely N-dealkylation sites (N-methyl/N-ethyl adjacent to an activating group) is 1. The molecule has 0 aliphatic carbocycles. The quantitative estimate of drug-likeness (QED) is 0.576. The van der Waals surface area contributed by atoms with Gasteiger partial charge in [0.05, 0.1) is 12.3 Å². The monoisotopic (exact) mass is 463 g/mol. The van der Waals surface area contributed by atoms with Crippen molar-refractivity contribution in [1.82, 2.24) is 15.1 Å². The van der Waals surface area contributed by atoms with Gasteiger partial charge in [-0.15, -0.1) is 0 Å². The molecule has 2 aromatic rings. The molecule has 2 aromatic carbocycles. The van der Waals surface area contributed by atoms with Gasteiger partial charge in [0.25, 0.3) is 0 Å². The fourth-order valence-corrected chi connectivity index (χ4v) is 3.84. The van der Waals surface area contributed by atoms with Crippen LogP contribution in [0.1, 0.15) is 25.3 Å². The zero-order valence-corrected chi connectivity index (χ0v) is 19.5. The maximum absolute atomic E-state index is 13.0. The predicted molar refractivity (Wildman–Crippen MR) is 129 cm³/mol. The third-order valence-electron chi connectivity index (χ3n) is 5.89. The molecule has 0 radical (unpaired) electrons. The molecule has 1 saturated heterocycles. The minimum atomic E-state index is -0.119. The van der Waals surface area contributed by atoms with E-state index in [-0.39, 0.29) is 30.7 Å². The SMILES string of the molecule is CCN(C)C(=O)CN(C(=O)CCCOc1ccc2c(c1)CN1CC(=O)NC1=N2)c1ccccc1. The Balaban J connectivity index is 1.32. The molecule has 0 spiro atoms. The van der Waals surface area contributed by atoms with E-state index >= 15 is 0 Å². The lowest BCUT2D eigenvalue weighted by atomic mass is 10.1. The summed E-state index contributed by atoms with van der Waals surface area (Å²) >= 11 is 0. The fourth-order valence-electron chi connectivity index (χ4n) is 3.84. The van der Waals surface area contributed by atoms with Gasteiger partial charge in [-0.25, -0.2) is 4.99 Å². The van der Waals surface area contributed by atoms with E-state index in [4.69, 9.17) is 4.74 Å². The Morgan fingerprint density at radius 3 is 2.68 bits per heavy atom. The van der Waals surface area contributed by atoms with Crippen molar-refractivity contribution < 1.29 is 19.1 Å². The van der Waals surface area contributed by atoms with Gasteiger partial charge in [-0.05, 0) is 43.7 Å². The first-order valence-electron chi connectivity index (χ1n) is 11.4. The Kier molecular flexibility index (Phi) is 7.10. The molecule has 3 amide bonds. The number of amides is 3. The van der Waals surface area contributed by atoms with Gasteiger partial charge in [-0.1, -0.05) is 18.2 Å². The van der Waals surface area contributed by atoms with E-state index in [1.54, 1.807) is 11.9 Å². The van der Waals surface area contributed by atoms with Crippen LogP contribution >= 0.6 is 0 Å². The van der Waals surface area contributed by atoms with Crippen molar-refractivity contribution in [3.8, 4) is 5.75 Å². The van der Waals surface area contributed by atoms with Crippen LogP contribution in [0, 0.1) is 0 Å². The van der Waals surface area contributed by atoms with Crippen LogP contribution in [-0.2, 0) is 20.9 Å². The van der Waals surface area contributed by atoms with Gasteiger partial charge in [0, 0.05) is 37.8 Å². The lowest BCUT2D eigenvalue weighted by Crippen LogP contribution is -2.41. The van der Waals surface area contributed by atoms with E-state index < -0.39 is 0 Å². The lowest BCUT2D eigenvalue weighted by molar-refractivity contribution is -0.130. The highest BCUT2D eigenvalue weighted by atomic mass is 16.5. The number of rotatable bonds is 9. The van der Waals surface area contributed by atoms with Crippen molar-refractivity contribution in [3.05, 3.63) is 54.1 Å². The first-order chi connectivity index (χ1) is 16.4. The number of nitrogens with one attached hydrogen (secondary N) is 1. The number of anilines is 1. The normalized spacial score (nSPS) is 14.0. The van der Waals surface area contributed by atoms with E-state index in [1.807, 2.05) is 60.4 Å². The van der Waals surface area contributed by atoms with Gasteiger partial charge in [0.2, 0.25) is 23.7 Å². The number of benzene rings is 2. The summed E-state index contributed by atoms with van der Waals surface area (Å²) in [5, 5.41) is 2.75. The molecule has 178 valence electrons. The third-order valence-corrected chi connectivity index (χ3v) is 5.89. The van der Waals surface area contributed by atoms with Crippen molar-refractivity contribution in [1.29, 1.82) is 0 Å². The topological polar surface area (TPSA) is 94.6 Å². The number of para-hydroxylation sites is 1. The number of hydrogen-bond donors (Lipinski definition) is 1. The molecular weight excluding hydrogens is 434 g/mol. The molecule has 0 atom stereocenters. The molecule has 9 heteroatoms. The summed E-state index contributed by atoms with van der Waals surface area (Å²) in [4.78, 5) is 46.5. The van der Waals surface area contributed by atoms with E-state index in [2.05, 4.69) is 10.3 Å². The average Bonchev–Trinajstić information content (AvgIpc) is 3.21. The maximum Gasteiger partial charge on any atom is 0.246 e. The number of ether oxygens (including phenoxy) is 1. The lowest BCUT2D eigenvalue weighted by Gasteiger charge is -2.25. The summed E-state index contributed by atoms with van der Waals surface area (Å²) < 4.78 is 5.88. The third kappa shape index (κ3) is 5.36. The molecule has 0 aromatic heterocycles. The number of carbonyl (C=O) groups is 3. The smallest absolute Gasteiger partial charge is 0.246 e. The highest BCUT2D eigenvalue weighted by molar-refractivity contribution is 6.05. The van der Waals surface area contributed by atoms with E-state index in [0.717, 1.165) is 11.3 Å². The van der Waals surface area contributed by atoms with Crippen molar-refractivity contribution in [2.24, 2.45) is 4.99 Å². The summed E-state index contributed by atoms with van der Waals surface area (Å²) in [5.41, 5.74) is 2.51. The Morgan fingerprint density at radius 1 is 1.12 bits per heavy atom. The van der Waals surface area contributed by atoms with Crippen molar-refractivity contribution >= 4 is 35.1 Å². The highest BCUT2D eigenvalue weighted by Crippen LogP contribution is 2.30. The van der Waals surface area contributed by atoms with Crippen LogP contribution < -0.4 is 15.0 Å². The molecule has 34 heavy (non-hydrogen) atoms. The number of guanidine groups is 1.